The maximum atomic E-state index is 12.4. The number of nitrogens with zero attached hydrogens (tertiary/aromatic N) is 1. The summed E-state index contributed by atoms with van der Waals surface area (Å²) in [6.07, 6.45) is 2.98. The Morgan fingerprint density at radius 3 is 2.35 bits per heavy atom. The lowest BCUT2D eigenvalue weighted by Crippen LogP contribution is -2.35. The standard InChI is InChI=1S/C12H12BrCl2NO3S/c13-10-7-8(20(15,18)19)6-9(11(10)14)12(17)16-4-2-1-3-5-16/h6-7H,1-5H2. The van der Waals surface area contributed by atoms with Crippen LogP contribution in [0.3, 0.4) is 0 Å². The van der Waals surface area contributed by atoms with Gasteiger partial charge in [0.25, 0.3) is 15.0 Å². The number of hydrogen-bond acceptors (Lipinski definition) is 3. The van der Waals surface area contributed by atoms with Crippen LogP contribution < -0.4 is 0 Å². The summed E-state index contributed by atoms with van der Waals surface area (Å²) in [5.74, 6) is -0.266. The molecular weight excluding hydrogens is 389 g/mol. The molecule has 0 N–H and O–H groups in total. The molecule has 0 radical (unpaired) electrons. The zero-order chi connectivity index (χ0) is 14.9. The molecule has 0 aromatic heterocycles. The highest BCUT2D eigenvalue weighted by Crippen LogP contribution is 2.32. The summed E-state index contributed by atoms with van der Waals surface area (Å²) < 4.78 is 23.2. The summed E-state index contributed by atoms with van der Waals surface area (Å²) in [4.78, 5) is 14.0. The molecule has 20 heavy (non-hydrogen) atoms. The van der Waals surface area contributed by atoms with E-state index in [2.05, 4.69) is 15.9 Å². The number of benzene rings is 1. The molecule has 1 amide bonds. The third kappa shape index (κ3) is 3.47. The topological polar surface area (TPSA) is 54.5 Å². The molecule has 1 saturated heterocycles. The van der Waals surface area contributed by atoms with E-state index in [1.165, 1.54) is 12.1 Å². The summed E-state index contributed by atoms with van der Waals surface area (Å²) in [6, 6.07) is 2.52. The van der Waals surface area contributed by atoms with Crippen molar-refractivity contribution >= 4 is 53.2 Å². The fraction of sp³-hybridized carbons (Fsp3) is 0.417. The highest BCUT2D eigenvalue weighted by atomic mass is 79.9. The number of rotatable bonds is 2. The Morgan fingerprint density at radius 1 is 1.20 bits per heavy atom. The Morgan fingerprint density at radius 2 is 1.80 bits per heavy atom. The van der Waals surface area contributed by atoms with Crippen molar-refractivity contribution in [2.45, 2.75) is 24.2 Å². The van der Waals surface area contributed by atoms with Gasteiger partial charge >= 0.3 is 0 Å². The van der Waals surface area contributed by atoms with Crippen molar-refractivity contribution in [3.05, 3.63) is 27.2 Å². The Labute approximate surface area is 135 Å². The second-order valence-corrected chi connectivity index (χ2v) is 8.36. The van der Waals surface area contributed by atoms with Gasteiger partial charge in [-0.05, 0) is 47.3 Å². The van der Waals surface area contributed by atoms with Gasteiger partial charge in [0.15, 0.2) is 0 Å². The molecular formula is C12H12BrCl2NO3S. The normalized spacial score (nSPS) is 16.2. The van der Waals surface area contributed by atoms with Crippen LogP contribution >= 0.6 is 38.2 Å². The zero-order valence-electron chi connectivity index (χ0n) is 10.4. The molecule has 0 unspecified atom stereocenters. The lowest BCUT2D eigenvalue weighted by atomic mass is 10.1. The van der Waals surface area contributed by atoms with Crippen LogP contribution in [0.25, 0.3) is 0 Å². The number of piperidine rings is 1. The summed E-state index contributed by atoms with van der Waals surface area (Å²) in [5.41, 5.74) is 0.155. The molecule has 0 spiro atoms. The van der Waals surface area contributed by atoms with E-state index >= 15 is 0 Å². The monoisotopic (exact) mass is 399 g/mol. The average Bonchev–Trinajstić information content (AvgIpc) is 2.40. The van der Waals surface area contributed by atoms with Gasteiger partial charge in [-0.2, -0.15) is 0 Å². The molecule has 2 rings (SSSR count). The second kappa shape index (κ2) is 6.22. The third-order valence-corrected chi connectivity index (χ3v) is 5.75. The zero-order valence-corrected chi connectivity index (χ0v) is 14.3. The predicted molar refractivity (Wildman–Crippen MR) is 81.9 cm³/mol. The van der Waals surface area contributed by atoms with Gasteiger partial charge < -0.3 is 4.90 Å². The molecule has 1 fully saturated rings. The molecule has 0 saturated carbocycles. The first-order valence-electron chi connectivity index (χ1n) is 6.03. The largest absolute Gasteiger partial charge is 0.339 e. The first kappa shape index (κ1) is 16.1. The van der Waals surface area contributed by atoms with Gasteiger partial charge in [0, 0.05) is 28.2 Å². The molecule has 1 aromatic carbocycles. The van der Waals surface area contributed by atoms with Crippen LogP contribution in [0.15, 0.2) is 21.5 Å². The Balaban J connectivity index is 2.44. The average molecular weight is 401 g/mol. The van der Waals surface area contributed by atoms with Crippen LogP contribution in [0, 0.1) is 0 Å². The van der Waals surface area contributed by atoms with Crippen LogP contribution in [0.1, 0.15) is 29.6 Å². The van der Waals surface area contributed by atoms with Gasteiger partial charge in [-0.1, -0.05) is 11.6 Å². The van der Waals surface area contributed by atoms with Gasteiger partial charge in [-0.25, -0.2) is 8.42 Å². The molecule has 1 aliphatic heterocycles. The van der Waals surface area contributed by atoms with Crippen LogP contribution in [-0.4, -0.2) is 32.3 Å². The van der Waals surface area contributed by atoms with Gasteiger partial charge in [0.2, 0.25) is 0 Å². The van der Waals surface area contributed by atoms with Crippen molar-refractivity contribution in [1.29, 1.82) is 0 Å². The molecule has 8 heteroatoms. The van der Waals surface area contributed by atoms with Crippen molar-refractivity contribution < 1.29 is 13.2 Å². The second-order valence-electron chi connectivity index (χ2n) is 4.56. The highest BCUT2D eigenvalue weighted by molar-refractivity contribution is 9.10. The van der Waals surface area contributed by atoms with Gasteiger partial charge in [-0.3, -0.25) is 4.79 Å². The van der Waals surface area contributed by atoms with Crippen LogP contribution in [-0.2, 0) is 9.05 Å². The molecule has 1 aromatic rings. The van der Waals surface area contributed by atoms with Crippen LogP contribution in [0.2, 0.25) is 5.02 Å². The number of carbonyl (C=O) groups excluding carboxylic acids is 1. The SMILES string of the molecule is O=C(c1cc(S(=O)(=O)Cl)cc(Br)c1Cl)N1CCCCC1. The molecule has 0 aliphatic carbocycles. The lowest BCUT2D eigenvalue weighted by molar-refractivity contribution is 0.0724. The number of likely N-dealkylation sites (tertiary alicyclic amines) is 1. The maximum absolute atomic E-state index is 12.4. The van der Waals surface area contributed by atoms with Gasteiger partial charge in [0.1, 0.15) is 0 Å². The highest BCUT2D eigenvalue weighted by Gasteiger charge is 2.24. The minimum atomic E-state index is -3.92. The molecule has 1 aliphatic rings. The van der Waals surface area contributed by atoms with Crippen molar-refractivity contribution in [3.63, 3.8) is 0 Å². The van der Waals surface area contributed by atoms with E-state index < -0.39 is 9.05 Å². The summed E-state index contributed by atoms with van der Waals surface area (Å²) in [6.45, 7) is 1.31. The molecule has 1 heterocycles. The van der Waals surface area contributed by atoms with E-state index in [1.807, 2.05) is 0 Å². The van der Waals surface area contributed by atoms with Crippen molar-refractivity contribution in [2.75, 3.05) is 13.1 Å². The van der Waals surface area contributed by atoms with Gasteiger partial charge in [0.05, 0.1) is 15.5 Å². The Bertz CT molecular complexity index is 642. The minimum absolute atomic E-state index is 0.143. The van der Waals surface area contributed by atoms with Crippen molar-refractivity contribution in [3.8, 4) is 0 Å². The van der Waals surface area contributed by atoms with Crippen LogP contribution in [0.4, 0.5) is 0 Å². The Kier molecular flexibility index (Phi) is 5.00. The van der Waals surface area contributed by atoms with E-state index in [4.69, 9.17) is 22.3 Å². The van der Waals surface area contributed by atoms with E-state index in [1.54, 1.807) is 4.90 Å². The molecule has 0 atom stereocenters. The fourth-order valence-corrected chi connectivity index (χ4v) is 3.71. The summed E-state index contributed by atoms with van der Waals surface area (Å²) >= 11 is 9.25. The summed E-state index contributed by atoms with van der Waals surface area (Å²) in [5, 5.41) is 0.199. The van der Waals surface area contributed by atoms with Crippen molar-refractivity contribution in [1.82, 2.24) is 4.90 Å². The van der Waals surface area contributed by atoms with E-state index in [0.717, 1.165) is 19.3 Å². The Hall–Kier alpha value is -0.300. The number of amides is 1. The fourth-order valence-electron chi connectivity index (χ4n) is 2.13. The van der Waals surface area contributed by atoms with E-state index in [-0.39, 0.29) is 21.4 Å². The van der Waals surface area contributed by atoms with E-state index in [0.29, 0.717) is 17.6 Å². The minimum Gasteiger partial charge on any atom is -0.339 e. The number of halogens is 3. The first-order valence-corrected chi connectivity index (χ1v) is 9.51. The van der Waals surface area contributed by atoms with Crippen LogP contribution in [0.5, 0.6) is 0 Å². The quantitative estimate of drug-likeness (QED) is 0.711. The third-order valence-electron chi connectivity index (χ3n) is 3.16. The van der Waals surface area contributed by atoms with Gasteiger partial charge in [-0.15, -0.1) is 0 Å². The first-order chi connectivity index (χ1) is 9.30. The predicted octanol–water partition coefficient (Wildman–Crippen LogP) is 3.66. The smallest absolute Gasteiger partial charge is 0.261 e. The summed E-state index contributed by atoms with van der Waals surface area (Å²) in [7, 11) is 1.41. The maximum Gasteiger partial charge on any atom is 0.261 e. The van der Waals surface area contributed by atoms with E-state index in [9.17, 15) is 13.2 Å². The molecule has 4 nitrogen and oxygen atoms in total. The molecule has 110 valence electrons. The number of carbonyl (C=O) groups is 1. The molecule has 0 bridgehead atoms. The van der Waals surface area contributed by atoms with Crippen molar-refractivity contribution in [2.24, 2.45) is 0 Å². The number of hydrogen-bond donors (Lipinski definition) is 0. The lowest BCUT2D eigenvalue weighted by Gasteiger charge is -2.27.